The van der Waals surface area contributed by atoms with Crippen LogP contribution >= 0.6 is 0 Å². The molecule has 0 aliphatic carbocycles. The molecule has 3 heteroatoms. The zero-order valence-electron chi connectivity index (χ0n) is 9.37. The predicted octanol–water partition coefficient (Wildman–Crippen LogP) is 2.20. The van der Waals surface area contributed by atoms with Crippen LogP contribution in [0.5, 0.6) is 0 Å². The van der Waals surface area contributed by atoms with E-state index >= 15 is 0 Å². The highest BCUT2D eigenvalue weighted by Crippen LogP contribution is 2.20. The molecule has 0 N–H and O–H groups in total. The van der Waals surface area contributed by atoms with Gasteiger partial charge < -0.3 is 0 Å². The van der Waals surface area contributed by atoms with Gasteiger partial charge >= 0.3 is 0 Å². The fourth-order valence-electron chi connectivity index (χ4n) is 1.35. The predicted molar refractivity (Wildman–Crippen MR) is 58.0 cm³/mol. The van der Waals surface area contributed by atoms with Crippen molar-refractivity contribution in [2.45, 2.75) is 34.1 Å². The first-order valence-corrected chi connectivity index (χ1v) is 4.90. The molecule has 0 aromatic carbocycles. The van der Waals surface area contributed by atoms with Gasteiger partial charge in [-0.25, -0.2) is 4.99 Å². The van der Waals surface area contributed by atoms with Gasteiger partial charge in [-0.05, 0) is 18.4 Å². The lowest BCUT2D eigenvalue weighted by atomic mass is 9.91. The summed E-state index contributed by atoms with van der Waals surface area (Å²) in [7, 11) is 0. The maximum absolute atomic E-state index is 11.8. The molecule has 1 amide bonds. The largest absolute Gasteiger partial charge is 0.297 e. The minimum atomic E-state index is 0.0402. The number of carbonyl (C=O) groups is 1. The molecule has 0 atom stereocenters. The van der Waals surface area contributed by atoms with Crippen molar-refractivity contribution in [2.75, 3.05) is 6.54 Å². The molecule has 1 rings (SSSR count). The molecule has 0 radical (unpaired) electrons. The van der Waals surface area contributed by atoms with Crippen molar-refractivity contribution in [1.29, 1.82) is 0 Å². The Balaban J connectivity index is 2.63. The second kappa shape index (κ2) is 3.95. The SMILES string of the molecule is CC1=NC=CCN1C(=O)CC(C)(C)C. The summed E-state index contributed by atoms with van der Waals surface area (Å²) in [6.07, 6.45) is 4.21. The van der Waals surface area contributed by atoms with E-state index in [9.17, 15) is 4.79 Å². The molecule has 78 valence electrons. The lowest BCUT2D eigenvalue weighted by Gasteiger charge is -2.26. The molecule has 14 heavy (non-hydrogen) atoms. The Bertz CT molecular complexity index is 284. The van der Waals surface area contributed by atoms with E-state index in [2.05, 4.69) is 25.8 Å². The highest BCUT2D eigenvalue weighted by molar-refractivity contribution is 5.98. The van der Waals surface area contributed by atoms with Gasteiger partial charge in [-0.15, -0.1) is 0 Å². The normalized spacial score (nSPS) is 16.9. The Labute approximate surface area is 85.5 Å². The quantitative estimate of drug-likeness (QED) is 0.629. The third-order valence-electron chi connectivity index (χ3n) is 2.03. The summed E-state index contributed by atoms with van der Waals surface area (Å²) in [4.78, 5) is 17.7. The van der Waals surface area contributed by atoms with Crippen LogP contribution in [0.25, 0.3) is 0 Å². The van der Waals surface area contributed by atoms with E-state index < -0.39 is 0 Å². The summed E-state index contributed by atoms with van der Waals surface area (Å²) in [6, 6.07) is 0. The molecule has 0 spiro atoms. The molecule has 0 saturated carbocycles. The van der Waals surface area contributed by atoms with E-state index in [-0.39, 0.29) is 11.3 Å². The van der Waals surface area contributed by atoms with E-state index in [1.165, 1.54) is 0 Å². The number of hydrogen-bond donors (Lipinski definition) is 0. The second-order valence-corrected chi connectivity index (χ2v) is 4.80. The molecule has 1 aliphatic rings. The van der Waals surface area contributed by atoms with Crippen molar-refractivity contribution in [2.24, 2.45) is 10.4 Å². The van der Waals surface area contributed by atoms with Crippen LogP contribution < -0.4 is 0 Å². The Morgan fingerprint density at radius 1 is 1.57 bits per heavy atom. The molecular formula is C11H18N2O. The highest BCUT2D eigenvalue weighted by atomic mass is 16.2. The number of amides is 1. The van der Waals surface area contributed by atoms with Crippen molar-refractivity contribution < 1.29 is 4.79 Å². The zero-order valence-corrected chi connectivity index (χ0v) is 9.37. The zero-order chi connectivity index (χ0) is 10.8. The average Bonchev–Trinajstić information content (AvgIpc) is 2.01. The van der Waals surface area contributed by atoms with Crippen LogP contribution in [-0.2, 0) is 4.79 Å². The highest BCUT2D eigenvalue weighted by Gasteiger charge is 2.22. The molecule has 3 nitrogen and oxygen atoms in total. The summed E-state index contributed by atoms with van der Waals surface area (Å²) in [5.74, 6) is 0.949. The molecule has 1 heterocycles. The van der Waals surface area contributed by atoms with Crippen molar-refractivity contribution in [1.82, 2.24) is 4.90 Å². The maximum atomic E-state index is 11.8. The molecule has 0 aromatic rings. The van der Waals surface area contributed by atoms with Crippen LogP contribution in [0.4, 0.5) is 0 Å². The van der Waals surface area contributed by atoms with Crippen LogP contribution in [0.3, 0.4) is 0 Å². The Kier molecular flexibility index (Phi) is 3.09. The van der Waals surface area contributed by atoms with Crippen LogP contribution in [0.1, 0.15) is 34.1 Å². The van der Waals surface area contributed by atoms with Crippen molar-refractivity contribution in [3.05, 3.63) is 12.3 Å². The van der Waals surface area contributed by atoms with Gasteiger partial charge in [0.1, 0.15) is 5.84 Å². The van der Waals surface area contributed by atoms with Crippen LogP contribution in [0.15, 0.2) is 17.3 Å². The van der Waals surface area contributed by atoms with Gasteiger partial charge in [0.2, 0.25) is 5.91 Å². The third kappa shape index (κ3) is 2.98. The van der Waals surface area contributed by atoms with E-state index in [4.69, 9.17) is 0 Å². The first-order chi connectivity index (χ1) is 6.40. The Morgan fingerprint density at radius 2 is 2.21 bits per heavy atom. The standard InChI is InChI=1S/C11H18N2O/c1-9-12-6-5-7-13(9)10(14)8-11(2,3)4/h5-6H,7-8H2,1-4H3. The summed E-state index contributed by atoms with van der Waals surface area (Å²) < 4.78 is 0. The van der Waals surface area contributed by atoms with Crippen LogP contribution in [0, 0.1) is 5.41 Å². The van der Waals surface area contributed by atoms with E-state index in [1.807, 2.05) is 13.0 Å². The average molecular weight is 194 g/mol. The molecule has 0 unspecified atom stereocenters. The van der Waals surface area contributed by atoms with Gasteiger partial charge in [0.25, 0.3) is 0 Å². The van der Waals surface area contributed by atoms with E-state index in [1.54, 1.807) is 11.1 Å². The Hall–Kier alpha value is -1.12. The molecule has 1 aliphatic heterocycles. The number of amidine groups is 1. The third-order valence-corrected chi connectivity index (χ3v) is 2.03. The molecule has 0 aromatic heterocycles. The van der Waals surface area contributed by atoms with Gasteiger partial charge in [-0.2, -0.15) is 0 Å². The molecule has 0 bridgehead atoms. The van der Waals surface area contributed by atoms with E-state index in [0.29, 0.717) is 13.0 Å². The smallest absolute Gasteiger partial charge is 0.228 e. The van der Waals surface area contributed by atoms with Crippen LogP contribution in [-0.4, -0.2) is 23.2 Å². The first kappa shape index (κ1) is 11.0. The summed E-state index contributed by atoms with van der Waals surface area (Å²) in [6.45, 7) is 8.72. The number of nitrogens with zero attached hydrogens (tertiary/aromatic N) is 2. The summed E-state index contributed by atoms with van der Waals surface area (Å²) in [5, 5.41) is 0. The lowest BCUT2D eigenvalue weighted by Crippen LogP contribution is -2.38. The number of carbonyl (C=O) groups excluding carboxylic acids is 1. The fourth-order valence-corrected chi connectivity index (χ4v) is 1.35. The van der Waals surface area contributed by atoms with Gasteiger partial charge in [-0.1, -0.05) is 20.8 Å². The number of rotatable bonds is 1. The first-order valence-electron chi connectivity index (χ1n) is 4.90. The summed E-state index contributed by atoms with van der Waals surface area (Å²) >= 11 is 0. The monoisotopic (exact) mass is 194 g/mol. The van der Waals surface area contributed by atoms with E-state index in [0.717, 1.165) is 5.84 Å². The van der Waals surface area contributed by atoms with Crippen molar-refractivity contribution >= 4 is 11.7 Å². The number of aliphatic imine (C=N–C) groups is 1. The van der Waals surface area contributed by atoms with Gasteiger partial charge in [-0.3, -0.25) is 9.69 Å². The Morgan fingerprint density at radius 3 is 2.71 bits per heavy atom. The fraction of sp³-hybridized carbons (Fsp3) is 0.636. The van der Waals surface area contributed by atoms with Crippen molar-refractivity contribution in [3.63, 3.8) is 0 Å². The topological polar surface area (TPSA) is 32.7 Å². The maximum Gasteiger partial charge on any atom is 0.228 e. The second-order valence-electron chi connectivity index (χ2n) is 4.80. The van der Waals surface area contributed by atoms with Gasteiger partial charge in [0.05, 0.1) is 0 Å². The number of hydrogen-bond acceptors (Lipinski definition) is 2. The minimum absolute atomic E-state index is 0.0402. The summed E-state index contributed by atoms with van der Waals surface area (Å²) in [5.41, 5.74) is 0.0402. The molecule has 0 fully saturated rings. The molecular weight excluding hydrogens is 176 g/mol. The van der Waals surface area contributed by atoms with Gasteiger partial charge in [0, 0.05) is 19.2 Å². The van der Waals surface area contributed by atoms with Gasteiger partial charge in [0.15, 0.2) is 0 Å². The molecule has 0 saturated heterocycles. The lowest BCUT2D eigenvalue weighted by molar-refractivity contribution is -0.128. The van der Waals surface area contributed by atoms with Crippen LogP contribution in [0.2, 0.25) is 0 Å². The van der Waals surface area contributed by atoms with Crippen molar-refractivity contribution in [3.8, 4) is 0 Å². The minimum Gasteiger partial charge on any atom is -0.297 e.